The molecule has 2 aliphatic carbocycles. The molecule has 0 aliphatic heterocycles. The highest BCUT2D eigenvalue weighted by Crippen LogP contribution is 2.38. The van der Waals surface area contributed by atoms with E-state index in [1.807, 2.05) is 0 Å². The average Bonchev–Trinajstić information content (AvgIpc) is 2.65. The first-order chi connectivity index (χ1) is 4.79. The van der Waals surface area contributed by atoms with Crippen LogP contribution in [0.5, 0.6) is 0 Å². The van der Waals surface area contributed by atoms with E-state index in [2.05, 4.69) is 11.7 Å². The topological polar surface area (TPSA) is 52.0 Å². The van der Waals surface area contributed by atoms with Gasteiger partial charge < -0.3 is 0 Å². The Hall–Kier alpha value is -0.710. The van der Waals surface area contributed by atoms with Gasteiger partial charge in [-0.1, -0.05) is 0 Å². The Morgan fingerprint density at radius 3 is 1.82 bits per heavy atom. The van der Waals surface area contributed by atoms with Gasteiger partial charge in [0.15, 0.2) is 11.6 Å². The van der Waals surface area contributed by atoms with Gasteiger partial charge in [0.05, 0.1) is 0 Å². The summed E-state index contributed by atoms with van der Waals surface area (Å²) in [4.78, 5) is 0. The molecule has 0 atom stereocenters. The molecule has 0 saturated carbocycles. The molecule has 0 bridgehead atoms. The molecule has 0 amide bonds. The Morgan fingerprint density at radius 2 is 1.64 bits per heavy atom. The maximum absolute atomic E-state index is 12.1. The highest BCUT2D eigenvalue weighted by molar-refractivity contribution is 5.85. The molecule has 0 heterocycles. The fourth-order valence-corrected chi connectivity index (χ4v) is 0.757. The van der Waals surface area contributed by atoms with E-state index in [0.29, 0.717) is 11.1 Å². The summed E-state index contributed by atoms with van der Waals surface area (Å²) in [7, 11) is 0. The number of benzene rings is 1. The van der Waals surface area contributed by atoms with Crippen molar-refractivity contribution in [1.29, 1.82) is 0 Å². The molecule has 0 aromatic carbocycles. The van der Waals surface area contributed by atoms with E-state index < -0.39 is 11.6 Å². The summed E-state index contributed by atoms with van der Waals surface area (Å²) >= 11 is 0. The van der Waals surface area contributed by atoms with Crippen LogP contribution in [0, 0.1) is 11.6 Å². The minimum atomic E-state index is -0.725. The second-order valence-corrected chi connectivity index (χ2v) is 1.82. The molecule has 2 rings (SSSR count). The third kappa shape index (κ3) is 1.65. The van der Waals surface area contributed by atoms with Gasteiger partial charge in [0.2, 0.25) is 0 Å². The minimum absolute atomic E-state index is 0. The van der Waals surface area contributed by atoms with Crippen LogP contribution in [0.3, 0.4) is 0 Å². The van der Waals surface area contributed by atoms with E-state index in [9.17, 15) is 8.78 Å². The molecule has 0 aromatic heterocycles. The molecule has 0 saturated heterocycles. The Labute approximate surface area is 68.6 Å². The number of rotatable bonds is 0. The second kappa shape index (κ2) is 3.61. The standard InChI is InChI=1S/C6H2F2.ClH.H4N2/c7-5-2-3-1-4(3)6(5)8;;1-2/h1-2H;1H;1-2H2. The fourth-order valence-electron chi connectivity index (χ4n) is 0.757. The summed E-state index contributed by atoms with van der Waals surface area (Å²) in [6, 6.07) is 2.81. The predicted octanol–water partition coefficient (Wildman–Crippen LogP) is 1.19. The minimum Gasteiger partial charge on any atom is -0.274 e. The van der Waals surface area contributed by atoms with Crippen LogP contribution in [0.25, 0.3) is 11.1 Å². The number of hydrazine groups is 1. The fraction of sp³-hybridized carbons (Fsp3) is 0. The lowest BCUT2D eigenvalue weighted by Crippen LogP contribution is -2.02. The maximum atomic E-state index is 12.1. The zero-order valence-electron chi connectivity index (χ0n) is 5.47. The van der Waals surface area contributed by atoms with Gasteiger partial charge in [0, 0.05) is 5.56 Å². The van der Waals surface area contributed by atoms with Crippen molar-refractivity contribution in [3.8, 4) is 11.1 Å². The van der Waals surface area contributed by atoms with Crippen LogP contribution in [0.4, 0.5) is 8.78 Å². The number of nitrogens with two attached hydrogens (primary N) is 2. The van der Waals surface area contributed by atoms with Crippen molar-refractivity contribution in [3.05, 3.63) is 23.8 Å². The lowest BCUT2D eigenvalue weighted by molar-refractivity contribution is 0.519. The molecule has 2 nitrogen and oxygen atoms in total. The molecule has 0 unspecified atom stereocenters. The van der Waals surface area contributed by atoms with Gasteiger partial charge in [-0.25, -0.2) is 8.78 Å². The van der Waals surface area contributed by atoms with Crippen molar-refractivity contribution in [2.75, 3.05) is 0 Å². The van der Waals surface area contributed by atoms with Crippen LogP contribution in [-0.4, -0.2) is 0 Å². The first-order valence-corrected chi connectivity index (χ1v) is 2.62. The summed E-state index contributed by atoms with van der Waals surface area (Å²) < 4.78 is 24.1. The van der Waals surface area contributed by atoms with Crippen molar-refractivity contribution >= 4 is 12.4 Å². The van der Waals surface area contributed by atoms with Crippen LogP contribution in [0.15, 0.2) is 12.1 Å². The van der Waals surface area contributed by atoms with Crippen LogP contribution < -0.4 is 11.7 Å². The smallest absolute Gasteiger partial charge is 0.166 e. The zero-order valence-corrected chi connectivity index (χ0v) is 6.29. The molecule has 5 heteroatoms. The van der Waals surface area contributed by atoms with Crippen molar-refractivity contribution in [3.63, 3.8) is 0 Å². The normalized spacial score (nSPS) is 9.09. The van der Waals surface area contributed by atoms with Crippen molar-refractivity contribution in [2.24, 2.45) is 11.7 Å². The van der Waals surface area contributed by atoms with Gasteiger partial charge in [0.25, 0.3) is 0 Å². The Kier molecular flexibility index (Phi) is 3.38. The Bertz CT molecular complexity index is 265. The molecule has 11 heavy (non-hydrogen) atoms. The lowest BCUT2D eigenvalue weighted by Gasteiger charge is -1.74. The number of hydrogen-bond acceptors (Lipinski definition) is 2. The van der Waals surface area contributed by atoms with E-state index in [4.69, 9.17) is 0 Å². The lowest BCUT2D eigenvalue weighted by atomic mass is 10.5. The Balaban J connectivity index is 0.000000311. The average molecular weight is 181 g/mol. The second-order valence-electron chi connectivity index (χ2n) is 1.82. The summed E-state index contributed by atoms with van der Waals surface area (Å²) in [5.74, 6) is 6.58. The first kappa shape index (κ1) is 10.3. The number of hydrogen-bond donors (Lipinski definition) is 2. The molecular weight excluding hydrogens is 174 g/mol. The number of halogens is 3. The largest absolute Gasteiger partial charge is 0.274 e. The predicted molar refractivity (Wildman–Crippen MR) is 41.0 cm³/mol. The van der Waals surface area contributed by atoms with E-state index in [1.54, 1.807) is 6.07 Å². The maximum Gasteiger partial charge on any atom is 0.166 e. The molecular formula is C6H7ClF2N2. The molecule has 0 radical (unpaired) electrons. The summed E-state index contributed by atoms with van der Waals surface area (Å²) in [5, 5.41) is 0. The third-order valence-corrected chi connectivity index (χ3v) is 1.26. The summed E-state index contributed by atoms with van der Waals surface area (Å²) in [5.41, 5.74) is 1.16. The van der Waals surface area contributed by atoms with Gasteiger partial charge in [0.1, 0.15) is 0 Å². The van der Waals surface area contributed by atoms with Gasteiger partial charge in [-0.05, 0) is 17.7 Å². The molecule has 0 fully saturated rings. The van der Waals surface area contributed by atoms with Crippen LogP contribution in [-0.2, 0) is 0 Å². The van der Waals surface area contributed by atoms with Crippen LogP contribution in [0.1, 0.15) is 0 Å². The van der Waals surface area contributed by atoms with Gasteiger partial charge in [-0.3, -0.25) is 11.7 Å². The first-order valence-electron chi connectivity index (χ1n) is 2.62. The van der Waals surface area contributed by atoms with Crippen LogP contribution >= 0.6 is 12.4 Å². The Morgan fingerprint density at radius 1 is 1.09 bits per heavy atom. The van der Waals surface area contributed by atoms with Crippen LogP contribution in [0.2, 0.25) is 0 Å². The molecule has 0 spiro atoms. The van der Waals surface area contributed by atoms with Crippen molar-refractivity contribution in [2.45, 2.75) is 0 Å². The van der Waals surface area contributed by atoms with E-state index in [0.717, 1.165) is 0 Å². The quantitative estimate of drug-likeness (QED) is 0.473. The molecule has 4 N–H and O–H groups in total. The van der Waals surface area contributed by atoms with E-state index in [1.165, 1.54) is 6.07 Å². The third-order valence-electron chi connectivity index (χ3n) is 1.26. The molecule has 0 aromatic rings. The van der Waals surface area contributed by atoms with Gasteiger partial charge >= 0.3 is 0 Å². The summed E-state index contributed by atoms with van der Waals surface area (Å²) in [6.45, 7) is 0. The van der Waals surface area contributed by atoms with E-state index in [-0.39, 0.29) is 12.4 Å². The SMILES string of the molecule is Cl.Fc1cc2cc-2c1F.NN. The van der Waals surface area contributed by atoms with Crippen molar-refractivity contribution < 1.29 is 8.78 Å². The molecule has 62 valence electrons. The monoisotopic (exact) mass is 180 g/mol. The van der Waals surface area contributed by atoms with Gasteiger partial charge in [-0.2, -0.15) is 0 Å². The van der Waals surface area contributed by atoms with Crippen molar-refractivity contribution in [1.82, 2.24) is 0 Å². The molecule has 2 aliphatic rings. The van der Waals surface area contributed by atoms with Gasteiger partial charge in [-0.15, -0.1) is 12.4 Å². The summed E-state index contributed by atoms with van der Waals surface area (Å²) in [6.07, 6.45) is 0. The highest BCUT2D eigenvalue weighted by Gasteiger charge is 2.22. The number of fused-ring (bicyclic) bond motifs is 1. The highest BCUT2D eigenvalue weighted by atomic mass is 35.5. The zero-order chi connectivity index (χ0) is 7.72. The van der Waals surface area contributed by atoms with E-state index >= 15 is 0 Å².